The summed E-state index contributed by atoms with van der Waals surface area (Å²) in [5, 5.41) is 5.95. The number of halogens is 2. The molecule has 2 N–H and O–H groups in total. The lowest BCUT2D eigenvalue weighted by Gasteiger charge is -2.34. The molecule has 1 aliphatic rings. The van der Waals surface area contributed by atoms with Crippen molar-refractivity contribution >= 4 is 30.7 Å². The quantitative estimate of drug-likeness (QED) is 0.710. The van der Waals surface area contributed by atoms with Crippen LogP contribution in [0.1, 0.15) is 5.56 Å². The molecule has 7 heteroatoms. The Kier molecular flexibility index (Phi) is 12.1. The van der Waals surface area contributed by atoms with Crippen LogP contribution in [0.5, 0.6) is 0 Å². The molecular formula is C16H28Cl2N4O. The van der Waals surface area contributed by atoms with Crippen LogP contribution in [0.3, 0.4) is 0 Å². The largest absolute Gasteiger partial charge is 0.354 e. The van der Waals surface area contributed by atoms with Gasteiger partial charge in [0, 0.05) is 45.8 Å². The van der Waals surface area contributed by atoms with Crippen LogP contribution in [0.15, 0.2) is 30.3 Å². The maximum atomic E-state index is 11.8. The van der Waals surface area contributed by atoms with Gasteiger partial charge >= 0.3 is 0 Å². The van der Waals surface area contributed by atoms with Crippen LogP contribution in [0.25, 0.3) is 0 Å². The number of nitrogens with one attached hydrogen (secondary N) is 2. The van der Waals surface area contributed by atoms with Crippen molar-refractivity contribution in [3.05, 3.63) is 35.9 Å². The van der Waals surface area contributed by atoms with Gasteiger partial charge in [-0.05, 0) is 12.6 Å². The van der Waals surface area contributed by atoms with Crippen LogP contribution in [-0.2, 0) is 11.3 Å². The van der Waals surface area contributed by atoms with Crippen LogP contribution in [0.4, 0.5) is 0 Å². The van der Waals surface area contributed by atoms with Crippen molar-refractivity contribution in [2.45, 2.75) is 6.54 Å². The number of amides is 1. The highest BCUT2D eigenvalue weighted by atomic mass is 35.5. The van der Waals surface area contributed by atoms with E-state index in [-0.39, 0.29) is 30.7 Å². The smallest absolute Gasteiger partial charge is 0.234 e. The number of hydrogen-bond donors (Lipinski definition) is 2. The summed E-state index contributed by atoms with van der Waals surface area (Å²) in [5.41, 5.74) is 1.36. The van der Waals surface area contributed by atoms with E-state index < -0.39 is 0 Å². The fourth-order valence-electron chi connectivity index (χ4n) is 2.53. The minimum absolute atomic E-state index is 0. The molecule has 1 aromatic carbocycles. The van der Waals surface area contributed by atoms with E-state index in [1.807, 2.05) is 13.1 Å². The lowest BCUT2D eigenvalue weighted by molar-refractivity contribution is -0.122. The molecule has 0 spiro atoms. The number of carbonyl (C=O) groups excluding carboxylic acids is 1. The Labute approximate surface area is 151 Å². The SMILES string of the molecule is CNCCNC(=O)CN1CCN(Cc2ccccc2)CC1.Cl.Cl. The highest BCUT2D eigenvalue weighted by molar-refractivity contribution is 5.85. The minimum Gasteiger partial charge on any atom is -0.354 e. The molecule has 1 aromatic rings. The summed E-state index contributed by atoms with van der Waals surface area (Å²) in [6.45, 7) is 7.02. The van der Waals surface area contributed by atoms with E-state index >= 15 is 0 Å². The van der Waals surface area contributed by atoms with Gasteiger partial charge in [0.1, 0.15) is 0 Å². The Morgan fingerprint density at radius 2 is 1.61 bits per heavy atom. The van der Waals surface area contributed by atoms with Gasteiger partial charge < -0.3 is 10.6 Å². The molecule has 1 heterocycles. The average molecular weight is 363 g/mol. The summed E-state index contributed by atoms with van der Waals surface area (Å²) in [5.74, 6) is 0.127. The van der Waals surface area contributed by atoms with Crippen molar-refractivity contribution in [3.63, 3.8) is 0 Å². The monoisotopic (exact) mass is 362 g/mol. The van der Waals surface area contributed by atoms with Crippen molar-refractivity contribution in [2.75, 3.05) is 52.9 Å². The summed E-state index contributed by atoms with van der Waals surface area (Å²) in [4.78, 5) is 16.4. The summed E-state index contributed by atoms with van der Waals surface area (Å²) in [7, 11) is 1.89. The Morgan fingerprint density at radius 1 is 1.00 bits per heavy atom. The van der Waals surface area contributed by atoms with Gasteiger partial charge in [0.2, 0.25) is 5.91 Å². The van der Waals surface area contributed by atoms with E-state index in [4.69, 9.17) is 0 Å². The molecular weight excluding hydrogens is 335 g/mol. The molecule has 0 bridgehead atoms. The number of likely N-dealkylation sites (N-methyl/N-ethyl adjacent to an activating group) is 1. The Morgan fingerprint density at radius 3 is 2.22 bits per heavy atom. The molecule has 0 unspecified atom stereocenters. The topological polar surface area (TPSA) is 47.6 Å². The molecule has 2 rings (SSSR count). The molecule has 1 saturated heterocycles. The fourth-order valence-corrected chi connectivity index (χ4v) is 2.53. The second-order valence-corrected chi connectivity index (χ2v) is 5.49. The summed E-state index contributed by atoms with van der Waals surface area (Å²) in [6.07, 6.45) is 0. The first-order valence-electron chi connectivity index (χ1n) is 7.68. The van der Waals surface area contributed by atoms with Crippen LogP contribution in [0.2, 0.25) is 0 Å². The zero-order chi connectivity index (χ0) is 14.9. The lowest BCUT2D eigenvalue weighted by Crippen LogP contribution is -2.49. The van der Waals surface area contributed by atoms with Gasteiger partial charge in [0.25, 0.3) is 0 Å². The normalized spacial score (nSPS) is 15.3. The number of piperazine rings is 1. The van der Waals surface area contributed by atoms with Gasteiger partial charge in [-0.3, -0.25) is 14.6 Å². The predicted molar refractivity (Wildman–Crippen MR) is 99.6 cm³/mol. The number of nitrogens with zero attached hydrogens (tertiary/aromatic N) is 2. The molecule has 0 atom stereocenters. The van der Waals surface area contributed by atoms with E-state index in [2.05, 4.69) is 44.7 Å². The molecule has 5 nitrogen and oxygen atoms in total. The molecule has 1 aliphatic heterocycles. The number of benzene rings is 1. The first-order chi connectivity index (χ1) is 10.3. The summed E-state index contributed by atoms with van der Waals surface area (Å²) >= 11 is 0. The van der Waals surface area contributed by atoms with E-state index in [1.54, 1.807) is 0 Å². The number of rotatable bonds is 7. The van der Waals surface area contributed by atoms with Gasteiger partial charge in [0.15, 0.2) is 0 Å². The molecule has 0 aliphatic carbocycles. The third kappa shape index (κ3) is 8.53. The molecule has 0 aromatic heterocycles. The first kappa shape index (κ1) is 22.1. The van der Waals surface area contributed by atoms with Crippen molar-refractivity contribution in [3.8, 4) is 0 Å². The van der Waals surface area contributed by atoms with E-state index in [0.29, 0.717) is 13.1 Å². The van der Waals surface area contributed by atoms with Crippen LogP contribution >= 0.6 is 24.8 Å². The maximum Gasteiger partial charge on any atom is 0.234 e. The standard InChI is InChI=1S/C16H26N4O.2ClH/c1-17-7-8-18-16(21)14-20-11-9-19(10-12-20)13-15-5-3-2-4-6-15;;/h2-6,17H,7-14H2,1H3,(H,18,21);2*1H. The second kappa shape index (κ2) is 12.6. The summed E-state index contributed by atoms with van der Waals surface area (Å²) < 4.78 is 0. The van der Waals surface area contributed by atoms with Crippen molar-refractivity contribution in [1.82, 2.24) is 20.4 Å². The van der Waals surface area contributed by atoms with Crippen LogP contribution in [0, 0.1) is 0 Å². The number of carbonyl (C=O) groups is 1. The van der Waals surface area contributed by atoms with Crippen molar-refractivity contribution in [1.29, 1.82) is 0 Å². The van der Waals surface area contributed by atoms with Crippen molar-refractivity contribution < 1.29 is 4.79 Å². The second-order valence-electron chi connectivity index (χ2n) is 5.49. The molecule has 0 saturated carbocycles. The van der Waals surface area contributed by atoms with Crippen LogP contribution in [-0.4, -0.2) is 68.6 Å². The maximum absolute atomic E-state index is 11.8. The van der Waals surface area contributed by atoms with E-state index in [1.165, 1.54) is 5.56 Å². The van der Waals surface area contributed by atoms with Gasteiger partial charge in [-0.1, -0.05) is 30.3 Å². The van der Waals surface area contributed by atoms with Gasteiger partial charge in [0.05, 0.1) is 6.54 Å². The summed E-state index contributed by atoms with van der Waals surface area (Å²) in [6, 6.07) is 10.6. The Hall–Kier alpha value is -0.850. The van der Waals surface area contributed by atoms with Gasteiger partial charge in [-0.15, -0.1) is 24.8 Å². The zero-order valence-corrected chi connectivity index (χ0v) is 15.3. The molecule has 0 radical (unpaired) electrons. The predicted octanol–water partition coefficient (Wildman–Crippen LogP) is 0.983. The highest BCUT2D eigenvalue weighted by Gasteiger charge is 2.18. The highest BCUT2D eigenvalue weighted by Crippen LogP contribution is 2.08. The first-order valence-corrected chi connectivity index (χ1v) is 7.68. The molecule has 1 amide bonds. The average Bonchev–Trinajstić information content (AvgIpc) is 2.51. The van der Waals surface area contributed by atoms with E-state index in [9.17, 15) is 4.79 Å². The number of hydrogen-bond acceptors (Lipinski definition) is 4. The molecule has 23 heavy (non-hydrogen) atoms. The molecule has 132 valence electrons. The third-order valence-corrected chi connectivity index (χ3v) is 3.78. The Balaban J connectivity index is 0.00000242. The lowest BCUT2D eigenvalue weighted by atomic mass is 10.2. The fraction of sp³-hybridized carbons (Fsp3) is 0.562. The van der Waals surface area contributed by atoms with Crippen LogP contribution < -0.4 is 10.6 Å². The van der Waals surface area contributed by atoms with Crippen molar-refractivity contribution in [2.24, 2.45) is 0 Å². The van der Waals surface area contributed by atoms with Gasteiger partial charge in [-0.2, -0.15) is 0 Å². The van der Waals surface area contributed by atoms with E-state index in [0.717, 1.165) is 39.3 Å². The third-order valence-electron chi connectivity index (χ3n) is 3.78. The minimum atomic E-state index is 0. The Bertz CT molecular complexity index is 425. The van der Waals surface area contributed by atoms with Gasteiger partial charge in [-0.25, -0.2) is 0 Å². The molecule has 1 fully saturated rings. The zero-order valence-electron chi connectivity index (χ0n) is 13.7.